The van der Waals surface area contributed by atoms with E-state index in [0.29, 0.717) is 25.6 Å². The molecule has 9 heteroatoms. The van der Waals surface area contributed by atoms with E-state index < -0.39 is 10.0 Å². The van der Waals surface area contributed by atoms with Crippen LogP contribution < -0.4 is 10.0 Å². The van der Waals surface area contributed by atoms with Gasteiger partial charge in [0.25, 0.3) is 0 Å². The van der Waals surface area contributed by atoms with Gasteiger partial charge in [-0.05, 0) is 43.7 Å². The van der Waals surface area contributed by atoms with Gasteiger partial charge >= 0.3 is 0 Å². The van der Waals surface area contributed by atoms with Gasteiger partial charge in [-0.2, -0.15) is 0 Å². The van der Waals surface area contributed by atoms with Crippen LogP contribution in [-0.4, -0.2) is 58.6 Å². The summed E-state index contributed by atoms with van der Waals surface area (Å²) in [5.41, 5.74) is 1.90. The Balaban J connectivity index is 1.55. The minimum Gasteiger partial charge on any atom is -0.367 e. The molecule has 0 bridgehead atoms. The van der Waals surface area contributed by atoms with Gasteiger partial charge in [-0.1, -0.05) is 29.8 Å². The zero-order valence-electron chi connectivity index (χ0n) is 18.0. The first-order valence-corrected chi connectivity index (χ1v) is 11.7. The van der Waals surface area contributed by atoms with Crippen molar-refractivity contribution in [1.29, 1.82) is 0 Å². The molecular formula is C22H29FN4O3S. The first-order valence-electron chi connectivity index (χ1n) is 10.2. The van der Waals surface area contributed by atoms with Crippen LogP contribution in [0.1, 0.15) is 24.2 Å². The molecular weight excluding hydrogens is 419 g/mol. The quantitative estimate of drug-likeness (QED) is 0.403. The Morgan fingerprint density at radius 1 is 1.13 bits per heavy atom. The molecule has 0 spiro atoms. The van der Waals surface area contributed by atoms with Crippen LogP contribution in [0.4, 0.5) is 4.39 Å². The largest absolute Gasteiger partial charge is 0.367 e. The first kappa shape index (κ1) is 23.2. The third-order valence-corrected chi connectivity index (χ3v) is 6.52. The second-order valence-corrected chi connectivity index (χ2v) is 9.34. The fourth-order valence-electron chi connectivity index (χ4n) is 3.48. The fraction of sp³-hybridized carbons (Fsp3) is 0.409. The molecule has 0 aliphatic carbocycles. The van der Waals surface area contributed by atoms with Gasteiger partial charge in [-0.25, -0.2) is 17.5 Å². The third kappa shape index (κ3) is 6.25. The number of guanidine groups is 1. The summed E-state index contributed by atoms with van der Waals surface area (Å²) in [5, 5.41) is 3.21. The molecule has 1 fully saturated rings. The molecule has 1 aliphatic rings. The Morgan fingerprint density at radius 3 is 2.45 bits per heavy atom. The van der Waals surface area contributed by atoms with Crippen molar-refractivity contribution in [1.82, 2.24) is 14.9 Å². The van der Waals surface area contributed by atoms with E-state index in [1.807, 2.05) is 13.8 Å². The number of nitrogens with one attached hydrogen (secondary N) is 2. The van der Waals surface area contributed by atoms with Crippen molar-refractivity contribution in [3.8, 4) is 0 Å². The molecule has 2 atom stereocenters. The number of halogens is 1. The lowest BCUT2D eigenvalue weighted by Gasteiger charge is -2.38. The molecule has 1 aliphatic heterocycles. The van der Waals surface area contributed by atoms with E-state index >= 15 is 0 Å². The molecule has 2 N–H and O–H groups in total. The maximum Gasteiger partial charge on any atom is 0.240 e. The van der Waals surface area contributed by atoms with E-state index in [-0.39, 0.29) is 29.5 Å². The van der Waals surface area contributed by atoms with Crippen LogP contribution in [0.5, 0.6) is 0 Å². The summed E-state index contributed by atoms with van der Waals surface area (Å²) in [4.78, 5) is 6.64. The lowest BCUT2D eigenvalue weighted by Crippen LogP contribution is -2.51. The van der Waals surface area contributed by atoms with Gasteiger partial charge in [0.15, 0.2) is 5.96 Å². The number of nitrogens with zero attached hydrogens (tertiary/aromatic N) is 2. The highest BCUT2D eigenvalue weighted by Gasteiger charge is 2.28. The van der Waals surface area contributed by atoms with Crippen LogP contribution in [0.2, 0.25) is 0 Å². The molecule has 2 aromatic carbocycles. The van der Waals surface area contributed by atoms with Crippen molar-refractivity contribution in [2.24, 2.45) is 4.99 Å². The molecule has 0 amide bonds. The Kier molecular flexibility index (Phi) is 7.64. The number of morpholine rings is 1. The highest BCUT2D eigenvalue weighted by molar-refractivity contribution is 7.89. The highest BCUT2D eigenvalue weighted by Crippen LogP contribution is 2.25. The molecule has 0 radical (unpaired) electrons. The van der Waals surface area contributed by atoms with Crippen molar-refractivity contribution in [3.63, 3.8) is 0 Å². The number of hydrogen-bond acceptors (Lipinski definition) is 4. The SMILES string of the molecule is CN=C(NCCNS(=O)(=O)c1ccc(C)cc1)N1CC(C)OC(c2ccc(F)cc2)C1. The van der Waals surface area contributed by atoms with E-state index in [9.17, 15) is 12.8 Å². The summed E-state index contributed by atoms with van der Waals surface area (Å²) in [6.07, 6.45) is -0.245. The Hall–Kier alpha value is -2.49. The minimum atomic E-state index is -3.56. The normalized spacial score (nSPS) is 20.0. The maximum absolute atomic E-state index is 13.2. The summed E-state index contributed by atoms with van der Waals surface area (Å²) in [6.45, 7) is 5.69. The Bertz CT molecular complexity index is 994. The van der Waals surface area contributed by atoms with Crippen molar-refractivity contribution >= 4 is 16.0 Å². The molecule has 0 aromatic heterocycles. The second kappa shape index (κ2) is 10.2. The Morgan fingerprint density at radius 2 is 1.81 bits per heavy atom. The summed E-state index contributed by atoms with van der Waals surface area (Å²) in [7, 11) is -1.87. The van der Waals surface area contributed by atoms with Crippen LogP contribution in [0, 0.1) is 12.7 Å². The number of benzene rings is 2. The van der Waals surface area contributed by atoms with E-state index in [1.54, 1.807) is 43.4 Å². The Labute approximate surface area is 183 Å². The van der Waals surface area contributed by atoms with Gasteiger partial charge in [0, 0.05) is 26.7 Å². The second-order valence-electron chi connectivity index (χ2n) is 7.58. The molecule has 3 rings (SSSR count). The van der Waals surface area contributed by atoms with Crippen LogP contribution in [0.3, 0.4) is 0 Å². The van der Waals surface area contributed by atoms with E-state index in [2.05, 4.69) is 19.9 Å². The number of aliphatic imine (C=N–C) groups is 1. The molecule has 1 heterocycles. The van der Waals surface area contributed by atoms with Gasteiger partial charge < -0.3 is 15.0 Å². The zero-order valence-corrected chi connectivity index (χ0v) is 18.8. The molecule has 31 heavy (non-hydrogen) atoms. The van der Waals surface area contributed by atoms with E-state index in [4.69, 9.17) is 4.74 Å². The summed E-state index contributed by atoms with van der Waals surface area (Å²) in [6, 6.07) is 13.0. The monoisotopic (exact) mass is 448 g/mol. The summed E-state index contributed by atoms with van der Waals surface area (Å²) in [5.74, 6) is 0.381. The van der Waals surface area contributed by atoms with Gasteiger partial charge in [0.1, 0.15) is 11.9 Å². The maximum atomic E-state index is 13.2. The molecule has 7 nitrogen and oxygen atoms in total. The predicted octanol–water partition coefficient (Wildman–Crippen LogP) is 2.45. The van der Waals surface area contributed by atoms with E-state index in [0.717, 1.165) is 11.1 Å². The number of rotatable bonds is 6. The average Bonchev–Trinajstić information content (AvgIpc) is 2.74. The molecule has 2 aromatic rings. The van der Waals surface area contributed by atoms with Gasteiger partial charge in [0.05, 0.1) is 17.5 Å². The number of ether oxygens (including phenoxy) is 1. The first-order chi connectivity index (χ1) is 14.8. The number of hydrogen-bond donors (Lipinski definition) is 2. The van der Waals surface area contributed by atoms with Crippen molar-refractivity contribution in [2.75, 3.05) is 33.2 Å². The molecule has 0 saturated carbocycles. The molecule has 1 saturated heterocycles. The lowest BCUT2D eigenvalue weighted by molar-refractivity contribution is -0.0604. The zero-order chi connectivity index (χ0) is 22.4. The fourth-order valence-corrected chi connectivity index (χ4v) is 4.51. The number of sulfonamides is 1. The van der Waals surface area contributed by atoms with Crippen molar-refractivity contribution in [3.05, 3.63) is 65.5 Å². The van der Waals surface area contributed by atoms with Crippen LogP contribution in [-0.2, 0) is 14.8 Å². The molecule has 168 valence electrons. The van der Waals surface area contributed by atoms with Crippen LogP contribution >= 0.6 is 0 Å². The lowest BCUT2D eigenvalue weighted by atomic mass is 10.1. The number of aryl methyl sites for hydroxylation is 1. The van der Waals surface area contributed by atoms with E-state index in [1.165, 1.54) is 12.1 Å². The third-order valence-electron chi connectivity index (χ3n) is 5.04. The average molecular weight is 449 g/mol. The van der Waals surface area contributed by atoms with Gasteiger partial charge in [-0.3, -0.25) is 4.99 Å². The highest BCUT2D eigenvalue weighted by atomic mass is 32.2. The topological polar surface area (TPSA) is 83.0 Å². The smallest absolute Gasteiger partial charge is 0.240 e. The van der Waals surface area contributed by atoms with Crippen molar-refractivity contribution in [2.45, 2.75) is 31.0 Å². The van der Waals surface area contributed by atoms with Gasteiger partial charge in [-0.15, -0.1) is 0 Å². The predicted molar refractivity (Wildman–Crippen MR) is 119 cm³/mol. The minimum absolute atomic E-state index is 0.0395. The van der Waals surface area contributed by atoms with Gasteiger partial charge in [0.2, 0.25) is 10.0 Å². The summed E-state index contributed by atoms with van der Waals surface area (Å²) < 4.78 is 46.7. The van der Waals surface area contributed by atoms with Crippen molar-refractivity contribution < 1.29 is 17.5 Å². The molecule has 2 unspecified atom stereocenters. The summed E-state index contributed by atoms with van der Waals surface area (Å²) >= 11 is 0. The van der Waals surface area contributed by atoms with Crippen LogP contribution in [0.25, 0.3) is 0 Å². The van der Waals surface area contributed by atoms with Crippen LogP contribution in [0.15, 0.2) is 58.4 Å². The standard InChI is InChI=1S/C22H29FN4O3S/c1-16-4-10-20(11-5-16)31(28,29)26-13-12-25-22(24-3)27-14-17(2)30-21(15-27)18-6-8-19(23)9-7-18/h4-11,17,21,26H,12-15H2,1-3H3,(H,24,25).